The minimum absolute atomic E-state index is 0.0235. The SMILES string of the molecule is O=C(NCc1cn(C2CCN(C(=O)c3cccc(C(=O)N4CCN(c5nc6ccccc6n5Cc5ccccc5)CC4)c3)CC2)nn1)Nc1cccc([N+](=O)[O-])c1. The van der Waals surface area contributed by atoms with Gasteiger partial charge < -0.3 is 29.9 Å². The lowest BCUT2D eigenvalue weighted by Crippen LogP contribution is -2.49. The van der Waals surface area contributed by atoms with Crippen molar-refractivity contribution in [3.63, 3.8) is 0 Å². The molecule has 2 fully saturated rings. The third-order valence-electron chi connectivity index (χ3n) is 10.5. The van der Waals surface area contributed by atoms with Crippen LogP contribution in [0.15, 0.2) is 109 Å². The van der Waals surface area contributed by atoms with E-state index in [0.717, 1.165) is 17.0 Å². The maximum absolute atomic E-state index is 13.7. The number of carbonyl (C=O) groups is 3. The van der Waals surface area contributed by atoms with Gasteiger partial charge in [0.2, 0.25) is 5.95 Å². The molecule has 0 spiro atoms. The van der Waals surface area contributed by atoms with Crippen LogP contribution in [-0.4, -0.2) is 96.4 Å². The zero-order chi connectivity index (χ0) is 39.3. The molecule has 16 nitrogen and oxygen atoms in total. The number of piperidine rings is 1. The molecular weight excluding hydrogens is 727 g/mol. The Bertz CT molecular complexity index is 2410. The summed E-state index contributed by atoms with van der Waals surface area (Å²) in [5.41, 5.74) is 4.90. The van der Waals surface area contributed by atoms with Gasteiger partial charge in [-0.1, -0.05) is 59.8 Å². The maximum atomic E-state index is 13.7. The number of piperazine rings is 1. The summed E-state index contributed by atoms with van der Waals surface area (Å²) < 4.78 is 4.01. The highest BCUT2D eigenvalue weighted by atomic mass is 16.6. The summed E-state index contributed by atoms with van der Waals surface area (Å²) in [7, 11) is 0. The molecule has 0 bridgehead atoms. The number of non-ortho nitro benzene ring substituents is 1. The van der Waals surface area contributed by atoms with Gasteiger partial charge in [0.25, 0.3) is 17.5 Å². The number of nitro groups is 1. The van der Waals surface area contributed by atoms with Crippen LogP contribution in [0.5, 0.6) is 0 Å². The molecule has 2 N–H and O–H groups in total. The molecule has 290 valence electrons. The zero-order valence-electron chi connectivity index (χ0n) is 31.1. The number of fused-ring (bicyclic) bond motifs is 1. The lowest BCUT2D eigenvalue weighted by Gasteiger charge is -2.35. The number of anilines is 2. The quantitative estimate of drug-likeness (QED) is 0.138. The zero-order valence-corrected chi connectivity index (χ0v) is 31.1. The van der Waals surface area contributed by atoms with Crippen molar-refractivity contribution in [2.75, 3.05) is 49.5 Å². The molecule has 0 atom stereocenters. The molecule has 0 radical (unpaired) electrons. The first-order valence-corrected chi connectivity index (χ1v) is 18.9. The Morgan fingerprint density at radius 1 is 0.772 bits per heavy atom. The fraction of sp³-hybridized carbons (Fsp3) is 0.268. The van der Waals surface area contributed by atoms with Crippen LogP contribution in [-0.2, 0) is 13.1 Å². The summed E-state index contributed by atoms with van der Waals surface area (Å²) in [6.07, 6.45) is 3.10. The number of benzene rings is 4. The normalized spacial score (nSPS) is 14.8. The number of carbonyl (C=O) groups excluding carboxylic acids is 3. The van der Waals surface area contributed by atoms with Gasteiger partial charge in [0, 0.05) is 68.2 Å². The highest BCUT2D eigenvalue weighted by molar-refractivity contribution is 6.00. The van der Waals surface area contributed by atoms with E-state index in [0.29, 0.717) is 81.2 Å². The van der Waals surface area contributed by atoms with Gasteiger partial charge in [0.15, 0.2) is 0 Å². The molecule has 2 aromatic heterocycles. The van der Waals surface area contributed by atoms with Crippen molar-refractivity contribution in [2.45, 2.75) is 32.0 Å². The first-order valence-electron chi connectivity index (χ1n) is 18.9. The molecule has 57 heavy (non-hydrogen) atoms. The number of urea groups is 1. The highest BCUT2D eigenvalue weighted by Gasteiger charge is 2.28. The van der Waals surface area contributed by atoms with E-state index in [1.54, 1.807) is 46.1 Å². The van der Waals surface area contributed by atoms with Gasteiger partial charge in [-0.2, -0.15) is 0 Å². The maximum Gasteiger partial charge on any atom is 0.319 e. The average Bonchev–Trinajstić information content (AvgIpc) is 3.88. The second kappa shape index (κ2) is 16.3. The lowest BCUT2D eigenvalue weighted by molar-refractivity contribution is -0.384. The summed E-state index contributed by atoms with van der Waals surface area (Å²) in [6.45, 7) is 4.18. The lowest BCUT2D eigenvalue weighted by atomic mass is 10.0. The van der Waals surface area contributed by atoms with Crippen LogP contribution in [0.1, 0.15) is 50.9 Å². The van der Waals surface area contributed by atoms with Crippen LogP contribution in [0, 0.1) is 10.1 Å². The fourth-order valence-corrected chi connectivity index (χ4v) is 7.44. The van der Waals surface area contributed by atoms with Crippen molar-refractivity contribution in [2.24, 2.45) is 0 Å². The van der Waals surface area contributed by atoms with E-state index >= 15 is 0 Å². The Balaban J connectivity index is 0.830. The number of nitro benzene ring substituents is 1. The monoisotopic (exact) mass is 767 g/mol. The van der Waals surface area contributed by atoms with Crippen molar-refractivity contribution in [1.29, 1.82) is 0 Å². The van der Waals surface area contributed by atoms with E-state index in [1.165, 1.54) is 23.8 Å². The second-order valence-electron chi connectivity index (χ2n) is 14.2. The molecule has 4 amide bonds. The van der Waals surface area contributed by atoms with Crippen LogP contribution >= 0.6 is 0 Å². The number of para-hydroxylation sites is 2. The number of rotatable bonds is 10. The van der Waals surface area contributed by atoms with E-state index in [9.17, 15) is 24.5 Å². The van der Waals surface area contributed by atoms with E-state index < -0.39 is 11.0 Å². The number of likely N-dealkylation sites (tertiary alicyclic amines) is 1. The largest absolute Gasteiger partial charge is 0.339 e. The minimum Gasteiger partial charge on any atom is -0.339 e. The van der Waals surface area contributed by atoms with Crippen LogP contribution in [0.2, 0.25) is 0 Å². The number of imidazole rings is 1. The van der Waals surface area contributed by atoms with E-state index in [4.69, 9.17) is 4.98 Å². The van der Waals surface area contributed by atoms with E-state index in [2.05, 4.69) is 48.6 Å². The number of aromatic nitrogens is 5. The molecule has 4 heterocycles. The van der Waals surface area contributed by atoms with Crippen LogP contribution in [0.3, 0.4) is 0 Å². The molecule has 0 aliphatic carbocycles. The van der Waals surface area contributed by atoms with Crippen molar-refractivity contribution in [1.82, 2.24) is 39.7 Å². The molecule has 8 rings (SSSR count). The Kier molecular flexibility index (Phi) is 10.6. The summed E-state index contributed by atoms with van der Waals surface area (Å²) in [5, 5.41) is 24.7. The third-order valence-corrected chi connectivity index (χ3v) is 10.5. The third kappa shape index (κ3) is 8.29. The smallest absolute Gasteiger partial charge is 0.319 e. The Morgan fingerprint density at radius 2 is 1.46 bits per heavy atom. The van der Waals surface area contributed by atoms with E-state index in [1.807, 2.05) is 41.3 Å². The van der Waals surface area contributed by atoms with Crippen molar-refractivity contribution >= 4 is 46.2 Å². The number of hydrogen-bond acceptors (Lipinski definition) is 9. The molecule has 16 heteroatoms. The summed E-state index contributed by atoms with van der Waals surface area (Å²) in [4.78, 5) is 61.1. The molecular formula is C41H41N11O5. The summed E-state index contributed by atoms with van der Waals surface area (Å²) >= 11 is 0. The van der Waals surface area contributed by atoms with Gasteiger partial charge in [-0.05, 0) is 54.8 Å². The van der Waals surface area contributed by atoms with E-state index in [-0.39, 0.29) is 30.1 Å². The van der Waals surface area contributed by atoms with Gasteiger partial charge in [-0.3, -0.25) is 19.7 Å². The second-order valence-corrected chi connectivity index (χ2v) is 14.2. The standard InChI is InChI=1S/C41H41N11O5/c53-38(47-18-16-34(17-19-47)51-28-33(45-46-51)26-42-40(55)43-32-12-7-13-35(25-32)52(56)57)30-10-6-11-31(24-30)39(54)48-20-22-49(23-21-48)41-44-36-14-4-5-15-37(36)50(41)27-29-8-2-1-3-9-29/h1-15,24-25,28,34H,16-23,26-27H2,(H2,42,43,55). The van der Waals surface area contributed by atoms with Crippen LogP contribution in [0.25, 0.3) is 11.0 Å². The molecule has 0 unspecified atom stereocenters. The Hall–Kier alpha value is -7.10. The number of amides is 4. The topological polar surface area (TPSA) is 177 Å². The molecule has 2 aliphatic rings. The Morgan fingerprint density at radius 3 is 2.19 bits per heavy atom. The number of nitrogens with zero attached hydrogens (tertiary/aromatic N) is 9. The predicted octanol–water partition coefficient (Wildman–Crippen LogP) is 5.35. The Labute approximate surface area is 327 Å². The number of nitrogens with one attached hydrogen (secondary N) is 2. The first-order chi connectivity index (χ1) is 27.8. The van der Waals surface area contributed by atoms with Crippen LogP contribution < -0.4 is 15.5 Å². The van der Waals surface area contributed by atoms with Gasteiger partial charge in [-0.15, -0.1) is 5.10 Å². The van der Waals surface area contributed by atoms with Crippen LogP contribution in [0.4, 0.5) is 22.1 Å². The highest BCUT2D eigenvalue weighted by Crippen LogP contribution is 2.27. The average molecular weight is 768 g/mol. The van der Waals surface area contributed by atoms with Gasteiger partial charge >= 0.3 is 6.03 Å². The summed E-state index contributed by atoms with van der Waals surface area (Å²) in [5.74, 6) is 0.675. The molecule has 4 aromatic carbocycles. The van der Waals surface area contributed by atoms with Gasteiger partial charge in [0.05, 0.1) is 41.3 Å². The number of hydrogen-bond donors (Lipinski definition) is 2. The fourth-order valence-electron chi connectivity index (χ4n) is 7.44. The first kappa shape index (κ1) is 36.9. The van der Waals surface area contributed by atoms with Crippen molar-refractivity contribution in [3.05, 3.63) is 142 Å². The minimum atomic E-state index is -0.530. The summed E-state index contributed by atoms with van der Waals surface area (Å²) in [6, 6.07) is 30.7. The molecule has 0 saturated carbocycles. The van der Waals surface area contributed by atoms with Gasteiger partial charge in [-0.25, -0.2) is 14.5 Å². The molecule has 2 saturated heterocycles. The molecule has 6 aromatic rings. The van der Waals surface area contributed by atoms with Crippen molar-refractivity contribution in [3.8, 4) is 0 Å². The van der Waals surface area contributed by atoms with Crippen molar-refractivity contribution < 1.29 is 19.3 Å². The predicted molar refractivity (Wildman–Crippen MR) is 213 cm³/mol. The molecule has 2 aliphatic heterocycles. The van der Waals surface area contributed by atoms with Gasteiger partial charge in [0.1, 0.15) is 5.69 Å².